The fraction of sp³-hybridized carbons (Fsp3) is 0.448. The van der Waals surface area contributed by atoms with Gasteiger partial charge >= 0.3 is 19.8 Å². The number of carbonyl (C=O) groups is 10. The van der Waals surface area contributed by atoms with Gasteiger partial charge in [0.05, 0.1) is 12.8 Å². The molecule has 0 spiro atoms. The molecule has 15 N–H and O–H groups in total. The van der Waals surface area contributed by atoms with Gasteiger partial charge in [0.1, 0.15) is 36.0 Å². The van der Waals surface area contributed by atoms with Gasteiger partial charge in [-0.15, -0.1) is 0 Å². The molecule has 25 heteroatoms. The van der Waals surface area contributed by atoms with E-state index in [1.54, 1.807) is 0 Å². The number of nitrogens with one attached hydrogen (secondary N) is 5. The monoisotopic (exact) mass is 788 g/mol. The molecule has 0 aromatic heterocycles. The summed E-state index contributed by atoms with van der Waals surface area (Å²) in [5, 5.41) is 29.2. The Hall–Kier alpha value is -6.13. The van der Waals surface area contributed by atoms with Gasteiger partial charge in [0.15, 0.2) is 0 Å². The van der Waals surface area contributed by atoms with Crippen LogP contribution in [0.3, 0.4) is 0 Å². The largest absolute Gasteiger partial charge is 0.524 e. The first-order chi connectivity index (χ1) is 25.0. The van der Waals surface area contributed by atoms with Gasteiger partial charge in [-0.1, -0.05) is 12.1 Å². The van der Waals surface area contributed by atoms with Crippen molar-refractivity contribution in [3.63, 3.8) is 0 Å². The van der Waals surface area contributed by atoms with Gasteiger partial charge in [0.2, 0.25) is 47.3 Å². The number of amides is 8. The lowest BCUT2D eigenvalue weighted by atomic mass is 10.0. The summed E-state index contributed by atoms with van der Waals surface area (Å²) in [6.07, 6.45) is -4.40. The number of carboxylic acid groups (broad SMARTS) is 2. The van der Waals surface area contributed by atoms with Crippen LogP contribution >= 0.6 is 7.82 Å². The van der Waals surface area contributed by atoms with Gasteiger partial charge in [0.25, 0.3) is 0 Å². The molecular weight excluding hydrogens is 747 g/mol. The van der Waals surface area contributed by atoms with E-state index in [1.165, 1.54) is 12.1 Å². The standard InChI is InChI=1S/C29H41N8O16P/c1-13(38)33-20(12-24(43)44)29(49)37-19(10-14-2-4-15(5-3-14)53-54(50,51)52)28(48)35-16(6-8-21(30)39)26(46)34-17(7-9-22(31)40)27(47)36-18(25(32)45)11-23(41)42/h2-5,16-20H,6-12H2,1H3,(H2,30,39)(H2,31,40)(H2,32,45)(H,33,38)(H,34,46)(H,35,48)(H,36,47)(H,37,49)(H,41,42)(H,43,44)(H2,50,51,52)/t16-,17-,18-,19-,20-/m0/s1. The predicted octanol–water partition coefficient (Wildman–Crippen LogP) is -4.89. The number of benzene rings is 1. The highest BCUT2D eigenvalue weighted by Gasteiger charge is 2.33. The Morgan fingerprint density at radius 2 is 1.02 bits per heavy atom. The van der Waals surface area contributed by atoms with Crippen molar-refractivity contribution in [1.82, 2.24) is 26.6 Å². The van der Waals surface area contributed by atoms with E-state index in [-0.39, 0.29) is 11.3 Å². The molecule has 54 heavy (non-hydrogen) atoms. The molecule has 1 aromatic carbocycles. The van der Waals surface area contributed by atoms with Crippen molar-refractivity contribution in [3.8, 4) is 5.75 Å². The summed E-state index contributed by atoms with van der Waals surface area (Å²) in [5.41, 5.74) is 15.8. The smallest absolute Gasteiger partial charge is 0.481 e. The van der Waals surface area contributed by atoms with E-state index in [0.717, 1.165) is 19.1 Å². The second-order valence-electron chi connectivity index (χ2n) is 11.5. The molecule has 1 rings (SSSR count). The highest BCUT2D eigenvalue weighted by Crippen LogP contribution is 2.37. The number of carbonyl (C=O) groups excluding carboxylic acids is 8. The lowest BCUT2D eigenvalue weighted by molar-refractivity contribution is -0.141. The van der Waals surface area contributed by atoms with Crippen LogP contribution in [0, 0.1) is 0 Å². The van der Waals surface area contributed by atoms with Crippen LogP contribution < -0.4 is 48.3 Å². The molecule has 0 unspecified atom stereocenters. The minimum Gasteiger partial charge on any atom is -0.481 e. The molecule has 24 nitrogen and oxygen atoms in total. The van der Waals surface area contributed by atoms with Crippen LogP contribution in [0.15, 0.2) is 24.3 Å². The van der Waals surface area contributed by atoms with Crippen molar-refractivity contribution in [2.75, 3.05) is 0 Å². The molecule has 0 saturated heterocycles. The van der Waals surface area contributed by atoms with Crippen molar-refractivity contribution in [2.45, 2.75) is 82.1 Å². The maximum Gasteiger partial charge on any atom is 0.524 e. The molecule has 298 valence electrons. The number of rotatable bonds is 24. The molecule has 0 fully saturated rings. The molecule has 0 aliphatic heterocycles. The third-order valence-electron chi connectivity index (χ3n) is 6.96. The van der Waals surface area contributed by atoms with E-state index in [0.29, 0.717) is 0 Å². The van der Waals surface area contributed by atoms with Crippen molar-refractivity contribution in [2.24, 2.45) is 17.2 Å². The highest BCUT2D eigenvalue weighted by molar-refractivity contribution is 7.46. The topological polar surface area (TPSA) is 416 Å². The molecule has 8 amide bonds. The van der Waals surface area contributed by atoms with E-state index in [4.69, 9.17) is 32.1 Å². The quantitative estimate of drug-likeness (QED) is 0.0437. The second kappa shape index (κ2) is 21.4. The number of nitrogens with two attached hydrogens (primary N) is 3. The Balaban J connectivity index is 3.51. The maximum absolute atomic E-state index is 13.7. The molecule has 0 aliphatic carbocycles. The van der Waals surface area contributed by atoms with E-state index in [2.05, 4.69) is 25.8 Å². The first-order valence-corrected chi connectivity index (χ1v) is 17.1. The molecule has 0 bridgehead atoms. The number of phosphoric ester groups is 1. The fourth-order valence-corrected chi connectivity index (χ4v) is 4.89. The number of hydrogen-bond acceptors (Lipinski definition) is 12. The Morgan fingerprint density at radius 3 is 1.41 bits per heavy atom. The summed E-state index contributed by atoms with van der Waals surface area (Å²) in [5.74, 6) is -11.9. The lowest BCUT2D eigenvalue weighted by Gasteiger charge is -2.26. The van der Waals surface area contributed by atoms with Crippen LogP contribution in [0.4, 0.5) is 0 Å². The zero-order chi connectivity index (χ0) is 41.3. The van der Waals surface area contributed by atoms with E-state index in [1.807, 2.05) is 5.32 Å². The number of hydrogen-bond donors (Lipinski definition) is 12. The number of aliphatic carboxylic acids is 2. The third kappa shape index (κ3) is 18.4. The van der Waals surface area contributed by atoms with Crippen LogP contribution in [0.1, 0.15) is 51.0 Å². The summed E-state index contributed by atoms with van der Waals surface area (Å²) in [4.78, 5) is 141. The Morgan fingerprint density at radius 1 is 0.630 bits per heavy atom. The predicted molar refractivity (Wildman–Crippen MR) is 179 cm³/mol. The van der Waals surface area contributed by atoms with Crippen molar-refractivity contribution in [1.29, 1.82) is 0 Å². The van der Waals surface area contributed by atoms with Crippen molar-refractivity contribution in [3.05, 3.63) is 29.8 Å². The zero-order valence-corrected chi connectivity index (χ0v) is 29.4. The molecule has 0 heterocycles. The van der Waals surface area contributed by atoms with Crippen LogP contribution in [0.25, 0.3) is 0 Å². The molecule has 0 saturated carbocycles. The van der Waals surface area contributed by atoms with Gasteiger partial charge in [-0.25, -0.2) is 4.57 Å². The fourth-order valence-electron chi connectivity index (χ4n) is 4.50. The molecule has 0 radical (unpaired) electrons. The number of primary amides is 3. The summed E-state index contributed by atoms with van der Waals surface area (Å²) < 4.78 is 15.7. The van der Waals surface area contributed by atoms with Crippen LogP contribution in [-0.4, -0.2) is 109 Å². The van der Waals surface area contributed by atoms with Crippen LogP contribution in [-0.2, 0) is 58.9 Å². The van der Waals surface area contributed by atoms with Crippen LogP contribution in [0.5, 0.6) is 5.75 Å². The molecule has 5 atom stereocenters. The van der Waals surface area contributed by atoms with Gasteiger partial charge in [-0.05, 0) is 30.5 Å². The summed E-state index contributed by atoms with van der Waals surface area (Å²) in [7, 11) is -4.95. The van der Waals surface area contributed by atoms with E-state index < -0.39 is 142 Å². The van der Waals surface area contributed by atoms with Gasteiger partial charge < -0.3 is 58.5 Å². The van der Waals surface area contributed by atoms with Crippen LogP contribution in [0.2, 0.25) is 0 Å². The third-order valence-corrected chi connectivity index (χ3v) is 7.41. The van der Waals surface area contributed by atoms with Gasteiger partial charge in [-0.3, -0.25) is 57.7 Å². The van der Waals surface area contributed by atoms with Gasteiger partial charge in [-0.2, -0.15) is 0 Å². The summed E-state index contributed by atoms with van der Waals surface area (Å²) >= 11 is 0. The Labute approximate surface area is 305 Å². The average Bonchev–Trinajstić information content (AvgIpc) is 3.02. The SMILES string of the molecule is CC(=O)N[C@@H](CC(=O)O)C(=O)N[C@@H](Cc1ccc(OP(=O)(O)O)cc1)C(=O)N[C@@H](CCC(N)=O)C(=O)N[C@@H](CCC(N)=O)C(=O)N[C@@H](CC(=O)O)C(N)=O. The average molecular weight is 789 g/mol. The molecular formula is C29H41N8O16P. The normalized spacial score (nSPS) is 13.7. The van der Waals surface area contributed by atoms with Crippen molar-refractivity contribution < 1.29 is 77.0 Å². The van der Waals surface area contributed by atoms with Gasteiger partial charge in [0, 0.05) is 26.2 Å². The highest BCUT2D eigenvalue weighted by atomic mass is 31.2. The van der Waals surface area contributed by atoms with Crippen molar-refractivity contribution >= 4 is 67.0 Å². The zero-order valence-electron chi connectivity index (χ0n) is 28.5. The van der Waals surface area contributed by atoms with E-state index >= 15 is 0 Å². The Bertz CT molecular complexity index is 1630. The number of phosphoric acid groups is 1. The minimum atomic E-state index is -4.95. The minimum absolute atomic E-state index is 0.203. The summed E-state index contributed by atoms with van der Waals surface area (Å²) in [6, 6.07) is -3.88. The second-order valence-corrected chi connectivity index (χ2v) is 12.7. The summed E-state index contributed by atoms with van der Waals surface area (Å²) in [6.45, 7) is 0.993. The first-order valence-electron chi connectivity index (χ1n) is 15.6. The first kappa shape index (κ1) is 45.9. The maximum atomic E-state index is 13.7. The molecule has 0 aliphatic rings. The number of carboxylic acids is 2. The molecule has 1 aromatic rings. The Kier molecular flexibility index (Phi) is 18.2. The lowest BCUT2D eigenvalue weighted by Crippen LogP contribution is -2.59. The van der Waals surface area contributed by atoms with E-state index in [9.17, 15) is 57.6 Å².